The Bertz CT molecular complexity index is 381. The quantitative estimate of drug-likeness (QED) is 0.859. The third-order valence-electron chi connectivity index (χ3n) is 3.81. The average Bonchev–Trinajstić information content (AvgIpc) is 2.39. The minimum Gasteiger partial charge on any atom is -0.508 e. The van der Waals surface area contributed by atoms with E-state index in [-0.39, 0.29) is 0 Å². The van der Waals surface area contributed by atoms with Crippen molar-refractivity contribution in [2.45, 2.75) is 38.8 Å². The Hall–Kier alpha value is -1.06. The highest BCUT2D eigenvalue weighted by atomic mass is 16.3. The van der Waals surface area contributed by atoms with Crippen molar-refractivity contribution in [3.05, 3.63) is 29.8 Å². The number of hydrogen-bond acceptors (Lipinski definition) is 3. The molecule has 0 saturated carbocycles. The normalized spacial score (nSPS) is 22.9. The van der Waals surface area contributed by atoms with Gasteiger partial charge in [0.05, 0.1) is 0 Å². The fourth-order valence-electron chi connectivity index (χ4n) is 2.72. The topological polar surface area (TPSA) is 35.5 Å². The average molecular weight is 248 g/mol. The van der Waals surface area contributed by atoms with E-state index in [9.17, 15) is 5.11 Å². The lowest BCUT2D eigenvalue weighted by molar-refractivity contribution is 0.192. The van der Waals surface area contributed by atoms with E-state index in [1.807, 2.05) is 12.1 Å². The van der Waals surface area contributed by atoms with Crippen LogP contribution < -0.4 is 5.32 Å². The summed E-state index contributed by atoms with van der Waals surface area (Å²) < 4.78 is 0. The zero-order chi connectivity index (χ0) is 13.0. The third kappa shape index (κ3) is 3.47. The molecule has 1 aromatic rings. The standard InChI is InChI=1S/C15H24N2O/c1-3-17-9-5-7-14(11-17)16-12(2)13-6-4-8-15(18)10-13/h4,6,8,10,12,14,16,18H,3,5,7,9,11H2,1-2H3. The van der Waals surface area contributed by atoms with E-state index in [4.69, 9.17) is 0 Å². The zero-order valence-electron chi connectivity index (χ0n) is 11.4. The van der Waals surface area contributed by atoms with E-state index in [0.717, 1.165) is 18.7 Å². The van der Waals surface area contributed by atoms with Crippen LogP contribution in [0, 0.1) is 0 Å². The summed E-state index contributed by atoms with van der Waals surface area (Å²) in [6.45, 7) is 7.90. The van der Waals surface area contributed by atoms with E-state index < -0.39 is 0 Å². The number of phenolic OH excluding ortho intramolecular Hbond substituents is 1. The molecule has 1 aliphatic heterocycles. The maximum Gasteiger partial charge on any atom is 0.115 e. The molecule has 1 heterocycles. The van der Waals surface area contributed by atoms with Crippen LogP contribution in [0.3, 0.4) is 0 Å². The van der Waals surface area contributed by atoms with Gasteiger partial charge in [0, 0.05) is 18.6 Å². The van der Waals surface area contributed by atoms with Gasteiger partial charge in [-0.1, -0.05) is 19.1 Å². The number of phenols is 1. The van der Waals surface area contributed by atoms with Crippen LogP contribution in [-0.4, -0.2) is 35.7 Å². The Kier molecular flexibility index (Phi) is 4.61. The highest BCUT2D eigenvalue weighted by Crippen LogP contribution is 2.20. The lowest BCUT2D eigenvalue weighted by atomic mass is 10.0. The van der Waals surface area contributed by atoms with Gasteiger partial charge in [-0.15, -0.1) is 0 Å². The number of benzene rings is 1. The smallest absolute Gasteiger partial charge is 0.115 e. The summed E-state index contributed by atoms with van der Waals surface area (Å²) in [6, 6.07) is 8.39. The molecule has 2 atom stereocenters. The number of aromatic hydroxyl groups is 1. The molecular weight excluding hydrogens is 224 g/mol. The van der Waals surface area contributed by atoms with E-state index in [0.29, 0.717) is 17.8 Å². The number of hydrogen-bond donors (Lipinski definition) is 2. The van der Waals surface area contributed by atoms with Crippen LogP contribution in [0.4, 0.5) is 0 Å². The number of likely N-dealkylation sites (N-methyl/N-ethyl adjacent to an activating group) is 1. The number of piperidine rings is 1. The van der Waals surface area contributed by atoms with Gasteiger partial charge in [-0.2, -0.15) is 0 Å². The van der Waals surface area contributed by atoms with Gasteiger partial charge in [-0.25, -0.2) is 0 Å². The molecule has 2 unspecified atom stereocenters. The van der Waals surface area contributed by atoms with Crippen LogP contribution in [0.15, 0.2) is 24.3 Å². The van der Waals surface area contributed by atoms with Gasteiger partial charge in [0.2, 0.25) is 0 Å². The van der Waals surface area contributed by atoms with Crippen molar-refractivity contribution < 1.29 is 5.11 Å². The molecule has 0 bridgehead atoms. The first kappa shape index (κ1) is 13.4. The van der Waals surface area contributed by atoms with Crippen molar-refractivity contribution in [3.8, 4) is 5.75 Å². The molecule has 0 aromatic heterocycles. The molecule has 1 saturated heterocycles. The maximum absolute atomic E-state index is 9.51. The van der Waals surface area contributed by atoms with E-state index in [2.05, 4.69) is 30.1 Å². The van der Waals surface area contributed by atoms with Crippen LogP contribution in [0.2, 0.25) is 0 Å². The lowest BCUT2D eigenvalue weighted by Gasteiger charge is -2.34. The molecule has 0 amide bonds. The molecule has 0 aliphatic carbocycles. The second-order valence-corrected chi connectivity index (χ2v) is 5.22. The molecule has 18 heavy (non-hydrogen) atoms. The first-order valence-electron chi connectivity index (χ1n) is 6.96. The Labute approximate surface area is 110 Å². The lowest BCUT2D eigenvalue weighted by Crippen LogP contribution is -2.46. The summed E-state index contributed by atoms with van der Waals surface area (Å²) in [5.41, 5.74) is 1.16. The van der Waals surface area contributed by atoms with Crippen molar-refractivity contribution in [3.63, 3.8) is 0 Å². The summed E-state index contributed by atoms with van der Waals surface area (Å²) in [5, 5.41) is 13.2. The highest BCUT2D eigenvalue weighted by molar-refractivity contribution is 5.29. The van der Waals surface area contributed by atoms with Crippen molar-refractivity contribution in [1.82, 2.24) is 10.2 Å². The molecule has 3 heteroatoms. The first-order valence-corrected chi connectivity index (χ1v) is 6.96. The summed E-state index contributed by atoms with van der Waals surface area (Å²) >= 11 is 0. The highest BCUT2D eigenvalue weighted by Gasteiger charge is 2.20. The number of nitrogens with zero attached hydrogens (tertiary/aromatic N) is 1. The van der Waals surface area contributed by atoms with E-state index >= 15 is 0 Å². The number of likely N-dealkylation sites (tertiary alicyclic amines) is 1. The molecule has 2 rings (SSSR count). The largest absolute Gasteiger partial charge is 0.508 e. The molecule has 1 aliphatic rings. The molecule has 2 N–H and O–H groups in total. The van der Waals surface area contributed by atoms with Gasteiger partial charge >= 0.3 is 0 Å². The van der Waals surface area contributed by atoms with Gasteiger partial charge in [0.25, 0.3) is 0 Å². The summed E-state index contributed by atoms with van der Waals surface area (Å²) in [4.78, 5) is 2.50. The van der Waals surface area contributed by atoms with Crippen LogP contribution >= 0.6 is 0 Å². The second-order valence-electron chi connectivity index (χ2n) is 5.22. The van der Waals surface area contributed by atoms with Crippen molar-refractivity contribution in [1.29, 1.82) is 0 Å². The van der Waals surface area contributed by atoms with Gasteiger partial charge in [0.1, 0.15) is 5.75 Å². The minimum absolute atomic E-state index is 0.291. The molecule has 3 nitrogen and oxygen atoms in total. The van der Waals surface area contributed by atoms with Crippen LogP contribution in [0.25, 0.3) is 0 Å². The van der Waals surface area contributed by atoms with E-state index in [1.165, 1.54) is 19.4 Å². The predicted octanol–water partition coefficient (Wildman–Crippen LogP) is 2.53. The van der Waals surface area contributed by atoms with Crippen LogP contribution in [-0.2, 0) is 0 Å². The van der Waals surface area contributed by atoms with Gasteiger partial charge < -0.3 is 15.3 Å². The van der Waals surface area contributed by atoms with Crippen molar-refractivity contribution in [2.24, 2.45) is 0 Å². The van der Waals surface area contributed by atoms with Gasteiger partial charge in [-0.3, -0.25) is 0 Å². The zero-order valence-corrected chi connectivity index (χ0v) is 11.4. The van der Waals surface area contributed by atoms with Gasteiger partial charge in [-0.05, 0) is 50.6 Å². The molecular formula is C15H24N2O. The number of nitrogens with one attached hydrogen (secondary N) is 1. The van der Waals surface area contributed by atoms with Gasteiger partial charge in [0.15, 0.2) is 0 Å². The number of rotatable bonds is 4. The monoisotopic (exact) mass is 248 g/mol. The SMILES string of the molecule is CCN1CCCC(NC(C)c2cccc(O)c2)C1. The molecule has 0 radical (unpaired) electrons. The first-order chi connectivity index (χ1) is 8.69. The third-order valence-corrected chi connectivity index (χ3v) is 3.81. The maximum atomic E-state index is 9.51. The predicted molar refractivity (Wildman–Crippen MR) is 74.8 cm³/mol. The summed E-state index contributed by atoms with van der Waals surface area (Å²) in [7, 11) is 0. The Morgan fingerprint density at radius 3 is 3.06 bits per heavy atom. The second kappa shape index (κ2) is 6.21. The Morgan fingerprint density at radius 1 is 1.50 bits per heavy atom. The molecule has 0 spiro atoms. The van der Waals surface area contributed by atoms with Crippen LogP contribution in [0.1, 0.15) is 38.3 Å². The van der Waals surface area contributed by atoms with Crippen molar-refractivity contribution >= 4 is 0 Å². The molecule has 1 aromatic carbocycles. The minimum atomic E-state index is 0.291. The fourth-order valence-corrected chi connectivity index (χ4v) is 2.72. The van der Waals surface area contributed by atoms with E-state index in [1.54, 1.807) is 6.07 Å². The Morgan fingerprint density at radius 2 is 2.33 bits per heavy atom. The molecule has 1 fully saturated rings. The fraction of sp³-hybridized carbons (Fsp3) is 0.600. The summed E-state index contributed by atoms with van der Waals surface area (Å²) in [6.07, 6.45) is 2.53. The summed E-state index contributed by atoms with van der Waals surface area (Å²) in [5.74, 6) is 0.347. The Balaban J connectivity index is 1.92. The molecule has 100 valence electrons. The van der Waals surface area contributed by atoms with Crippen molar-refractivity contribution in [2.75, 3.05) is 19.6 Å². The van der Waals surface area contributed by atoms with Crippen LogP contribution in [0.5, 0.6) is 5.75 Å².